The molecule has 2 aliphatic carbocycles. The number of hydrogen-bond acceptors (Lipinski definition) is 7. The van der Waals surface area contributed by atoms with Crippen molar-refractivity contribution in [2.75, 3.05) is 25.1 Å². The van der Waals surface area contributed by atoms with Crippen LogP contribution in [0.1, 0.15) is 53.8 Å². The second kappa shape index (κ2) is 12.0. The van der Waals surface area contributed by atoms with Crippen molar-refractivity contribution in [3.63, 3.8) is 0 Å². The number of nitrogens with one attached hydrogen (secondary N) is 1. The fourth-order valence-corrected chi connectivity index (χ4v) is 6.47. The quantitative estimate of drug-likeness (QED) is 0.294. The van der Waals surface area contributed by atoms with Crippen LogP contribution >= 0.6 is 0 Å². The van der Waals surface area contributed by atoms with Gasteiger partial charge in [0.05, 0.1) is 49.6 Å². The van der Waals surface area contributed by atoms with Crippen molar-refractivity contribution in [2.24, 2.45) is 11.8 Å². The molecule has 2 amide bonds. The van der Waals surface area contributed by atoms with Crippen LogP contribution in [-0.4, -0.2) is 70.4 Å². The number of alkyl halides is 8. The summed E-state index contributed by atoms with van der Waals surface area (Å²) in [7, 11) is 1.41. The van der Waals surface area contributed by atoms with Gasteiger partial charge in [-0.1, -0.05) is 6.08 Å². The fourth-order valence-electron chi connectivity index (χ4n) is 6.47. The van der Waals surface area contributed by atoms with E-state index in [-0.39, 0.29) is 42.1 Å². The molecule has 4 aliphatic rings. The Labute approximate surface area is 273 Å². The minimum atomic E-state index is -5.12. The molecule has 1 aromatic heterocycles. The topological polar surface area (TPSA) is 117 Å². The number of allylic oxidation sites excluding steroid dienone is 3. The SMILES string of the molecule is COC1=CCC([C@H]2CC2NC(=O)O)C=C1c1cnc(N2CC(F)(F)C2)nc1CN1C(=O)OC(c2cc(C(F)(F)F)cc(C(F)(F)F)c2)C1C. The zero-order valence-corrected chi connectivity index (χ0v) is 25.8. The van der Waals surface area contributed by atoms with Gasteiger partial charge < -0.3 is 24.8 Å². The number of anilines is 1. The molecule has 0 radical (unpaired) electrons. The second-order valence-electron chi connectivity index (χ2n) is 12.5. The Morgan fingerprint density at radius 1 is 1.12 bits per heavy atom. The van der Waals surface area contributed by atoms with E-state index in [4.69, 9.17) is 14.6 Å². The van der Waals surface area contributed by atoms with E-state index in [0.29, 0.717) is 41.9 Å². The molecule has 4 unspecified atom stereocenters. The van der Waals surface area contributed by atoms with E-state index in [0.717, 1.165) is 4.90 Å². The molecule has 3 fully saturated rings. The van der Waals surface area contributed by atoms with E-state index in [1.165, 1.54) is 25.1 Å². The molecule has 2 N–H and O–H groups in total. The van der Waals surface area contributed by atoms with Gasteiger partial charge in [-0.3, -0.25) is 4.90 Å². The van der Waals surface area contributed by atoms with Gasteiger partial charge in [0.2, 0.25) is 5.95 Å². The van der Waals surface area contributed by atoms with Gasteiger partial charge in [-0.2, -0.15) is 26.3 Å². The van der Waals surface area contributed by atoms with Crippen LogP contribution in [0.15, 0.2) is 42.3 Å². The average molecular weight is 704 g/mol. The summed E-state index contributed by atoms with van der Waals surface area (Å²) in [5.74, 6) is -2.84. The number of aromatic nitrogens is 2. The zero-order chi connectivity index (χ0) is 35.6. The molecule has 1 saturated carbocycles. The van der Waals surface area contributed by atoms with Gasteiger partial charge in [0.25, 0.3) is 5.92 Å². The van der Waals surface area contributed by atoms with Crippen molar-refractivity contribution in [2.45, 2.75) is 62.8 Å². The minimum absolute atomic E-state index is 0.0235. The lowest BCUT2D eigenvalue weighted by Gasteiger charge is -2.38. The lowest BCUT2D eigenvalue weighted by Crippen LogP contribution is -2.57. The Hall–Kier alpha value is -4.64. The molecule has 10 nitrogen and oxygen atoms in total. The monoisotopic (exact) mass is 703 g/mol. The second-order valence-corrected chi connectivity index (χ2v) is 12.5. The summed E-state index contributed by atoms with van der Waals surface area (Å²) in [5.41, 5.74) is -2.74. The molecule has 2 aliphatic heterocycles. The largest absolute Gasteiger partial charge is 0.496 e. The summed E-state index contributed by atoms with van der Waals surface area (Å²) in [6.07, 6.45) is -7.88. The Kier molecular flexibility index (Phi) is 8.42. The molecular weight excluding hydrogens is 674 g/mol. The first-order valence-corrected chi connectivity index (χ1v) is 15.1. The Bertz CT molecular complexity index is 1690. The van der Waals surface area contributed by atoms with E-state index >= 15 is 0 Å². The summed E-state index contributed by atoms with van der Waals surface area (Å²) in [6.45, 7) is -0.330. The number of halogens is 8. The number of amides is 2. The number of carboxylic acid groups (broad SMARTS) is 1. The maximum Gasteiger partial charge on any atom is 0.416 e. The third kappa shape index (κ3) is 6.94. The van der Waals surface area contributed by atoms with Gasteiger partial charge in [-0.15, -0.1) is 0 Å². The minimum Gasteiger partial charge on any atom is -0.496 e. The van der Waals surface area contributed by atoms with E-state index in [1.54, 1.807) is 6.08 Å². The van der Waals surface area contributed by atoms with Gasteiger partial charge in [0.15, 0.2) is 0 Å². The van der Waals surface area contributed by atoms with Crippen LogP contribution in [0.25, 0.3) is 5.57 Å². The van der Waals surface area contributed by atoms with Crippen LogP contribution in [0.2, 0.25) is 0 Å². The highest BCUT2D eigenvalue weighted by molar-refractivity contribution is 5.80. The van der Waals surface area contributed by atoms with Crippen LogP contribution in [0, 0.1) is 11.8 Å². The molecular formula is C31H29F8N5O5. The molecule has 2 saturated heterocycles. The number of rotatable bonds is 8. The third-order valence-corrected chi connectivity index (χ3v) is 9.06. The van der Waals surface area contributed by atoms with E-state index in [2.05, 4.69) is 15.3 Å². The maximum atomic E-state index is 13.7. The number of nitrogens with zero attached hydrogens (tertiary/aromatic N) is 4. The molecule has 18 heteroatoms. The fraction of sp³-hybridized carbons (Fsp3) is 0.484. The highest BCUT2D eigenvalue weighted by atomic mass is 19.4. The number of hydrogen-bond donors (Lipinski definition) is 2. The summed E-state index contributed by atoms with van der Waals surface area (Å²) in [5, 5.41) is 11.6. The van der Waals surface area contributed by atoms with Gasteiger partial charge in [0.1, 0.15) is 11.9 Å². The summed E-state index contributed by atoms with van der Waals surface area (Å²) in [4.78, 5) is 35.4. The lowest BCUT2D eigenvalue weighted by molar-refractivity contribution is -0.143. The molecule has 264 valence electrons. The van der Waals surface area contributed by atoms with E-state index in [9.17, 15) is 44.7 Å². The van der Waals surface area contributed by atoms with Crippen molar-refractivity contribution >= 4 is 23.7 Å². The van der Waals surface area contributed by atoms with Crippen molar-refractivity contribution in [1.82, 2.24) is 20.2 Å². The van der Waals surface area contributed by atoms with Crippen LogP contribution in [0.4, 0.5) is 50.7 Å². The Balaban J connectivity index is 1.35. The Morgan fingerprint density at radius 3 is 2.35 bits per heavy atom. The van der Waals surface area contributed by atoms with Crippen LogP contribution in [-0.2, 0) is 28.4 Å². The van der Waals surface area contributed by atoms with Crippen LogP contribution < -0.4 is 10.2 Å². The number of benzene rings is 1. The van der Waals surface area contributed by atoms with Crippen molar-refractivity contribution in [3.05, 3.63) is 70.3 Å². The average Bonchev–Trinajstić information content (AvgIpc) is 3.71. The number of methoxy groups -OCH3 is 1. The molecule has 0 spiro atoms. The standard InChI is InChI=1S/C31H29F8N5O5/c1-14-25(16-5-17(30(34,35)36)8-18(6-16)31(37,38)39)49-28(47)44(14)11-23-21(10-40-26(41-23)43-12-29(32,33)13-43)20-7-15(3-4-24(20)48-2)19-9-22(19)42-27(45)46/h4-8,10,14-15,19,22,25,42H,3,9,11-13H2,1-2H3,(H,45,46)/t14?,15?,19-,22?,25?/m1/s1. The Morgan fingerprint density at radius 2 is 1.78 bits per heavy atom. The number of carbonyl (C=O) groups excluding carboxylic acids is 1. The predicted octanol–water partition coefficient (Wildman–Crippen LogP) is 6.64. The van der Waals surface area contributed by atoms with Crippen LogP contribution in [0.3, 0.4) is 0 Å². The van der Waals surface area contributed by atoms with Crippen molar-refractivity contribution in [3.8, 4) is 0 Å². The van der Waals surface area contributed by atoms with Gasteiger partial charge >= 0.3 is 24.5 Å². The van der Waals surface area contributed by atoms with Gasteiger partial charge in [-0.25, -0.2) is 28.3 Å². The van der Waals surface area contributed by atoms with E-state index in [1.807, 2.05) is 6.08 Å². The summed E-state index contributed by atoms with van der Waals surface area (Å²) < 4.78 is 120. The third-order valence-electron chi connectivity index (χ3n) is 9.06. The first-order chi connectivity index (χ1) is 22.8. The lowest BCUT2D eigenvalue weighted by atomic mass is 9.87. The normalized spacial score (nSPS) is 26.4. The number of ether oxygens (including phenoxy) is 2. The first-order valence-electron chi connectivity index (χ1n) is 15.1. The first kappa shape index (κ1) is 34.2. The van der Waals surface area contributed by atoms with E-state index < -0.39 is 72.4 Å². The van der Waals surface area contributed by atoms with Crippen molar-refractivity contribution < 1.29 is 59.3 Å². The molecule has 3 heterocycles. The zero-order valence-electron chi connectivity index (χ0n) is 25.8. The summed E-state index contributed by atoms with van der Waals surface area (Å²) >= 11 is 0. The molecule has 49 heavy (non-hydrogen) atoms. The highest BCUT2D eigenvalue weighted by Gasteiger charge is 2.47. The molecule has 5 atom stereocenters. The molecule has 6 rings (SSSR count). The molecule has 1 aromatic carbocycles. The van der Waals surface area contributed by atoms with Crippen molar-refractivity contribution in [1.29, 1.82) is 0 Å². The highest BCUT2D eigenvalue weighted by Crippen LogP contribution is 2.46. The van der Waals surface area contributed by atoms with Gasteiger partial charge in [-0.05, 0) is 61.4 Å². The number of carbonyl (C=O) groups is 2. The summed E-state index contributed by atoms with van der Waals surface area (Å²) in [6, 6.07) is -0.396. The molecule has 0 bridgehead atoms. The number of cyclic esters (lactones) is 1. The molecule has 2 aromatic rings. The smallest absolute Gasteiger partial charge is 0.416 e. The predicted molar refractivity (Wildman–Crippen MR) is 154 cm³/mol. The maximum absolute atomic E-state index is 13.7. The van der Waals surface area contributed by atoms with Crippen LogP contribution in [0.5, 0.6) is 0 Å². The van der Waals surface area contributed by atoms with Gasteiger partial charge in [0, 0.05) is 23.4 Å².